The first-order valence-electron chi connectivity index (χ1n) is 6.94. The minimum atomic E-state index is -0.0892. The highest BCUT2D eigenvalue weighted by Crippen LogP contribution is 2.16. The Morgan fingerprint density at radius 3 is 2.43 bits per heavy atom. The Hall–Kier alpha value is -2.00. The third-order valence-electron chi connectivity index (χ3n) is 2.98. The van der Waals surface area contributed by atoms with E-state index in [0.29, 0.717) is 17.1 Å². The van der Waals surface area contributed by atoms with Crippen molar-refractivity contribution in [3.63, 3.8) is 0 Å². The number of carbonyl (C=O) groups excluding carboxylic acids is 1. The summed E-state index contributed by atoms with van der Waals surface area (Å²) in [5.74, 6) is -0.0892. The van der Waals surface area contributed by atoms with Crippen molar-refractivity contribution in [1.82, 2.24) is 5.32 Å². The van der Waals surface area contributed by atoms with Crippen LogP contribution in [0.5, 0.6) is 0 Å². The number of carbonyl (C=O) groups is 1. The molecule has 3 nitrogen and oxygen atoms in total. The Labute approximate surface area is 130 Å². The van der Waals surface area contributed by atoms with Crippen molar-refractivity contribution in [3.05, 3.63) is 64.7 Å². The maximum absolute atomic E-state index is 12.3. The molecular formula is C17H19ClN2O. The summed E-state index contributed by atoms with van der Waals surface area (Å²) in [5.41, 5.74) is 2.52. The number of rotatable bonds is 5. The molecule has 0 saturated carbocycles. The fourth-order valence-electron chi connectivity index (χ4n) is 2.00. The first-order valence-corrected chi connectivity index (χ1v) is 7.32. The molecule has 0 heterocycles. The van der Waals surface area contributed by atoms with Crippen molar-refractivity contribution < 1.29 is 4.79 Å². The van der Waals surface area contributed by atoms with E-state index in [4.69, 9.17) is 11.6 Å². The van der Waals surface area contributed by atoms with Crippen LogP contribution in [0.25, 0.3) is 0 Å². The van der Waals surface area contributed by atoms with Gasteiger partial charge in [-0.25, -0.2) is 0 Å². The zero-order valence-corrected chi connectivity index (χ0v) is 12.9. The number of nitrogens with one attached hydrogen (secondary N) is 2. The van der Waals surface area contributed by atoms with Crippen molar-refractivity contribution in [2.45, 2.75) is 26.4 Å². The maximum atomic E-state index is 12.3. The number of para-hydroxylation sites is 1. The summed E-state index contributed by atoms with van der Waals surface area (Å²) in [5, 5.41) is 6.90. The minimum Gasteiger partial charge on any atom is -0.382 e. The lowest BCUT2D eigenvalue weighted by atomic mass is 10.1. The number of amides is 1. The molecular weight excluding hydrogens is 284 g/mol. The molecule has 2 rings (SSSR count). The van der Waals surface area contributed by atoms with Gasteiger partial charge in [0, 0.05) is 23.3 Å². The van der Waals surface area contributed by atoms with Crippen molar-refractivity contribution in [2.75, 3.05) is 5.32 Å². The van der Waals surface area contributed by atoms with E-state index >= 15 is 0 Å². The Kier molecular flexibility index (Phi) is 5.23. The van der Waals surface area contributed by atoms with E-state index in [-0.39, 0.29) is 11.9 Å². The van der Waals surface area contributed by atoms with Gasteiger partial charge in [0.25, 0.3) is 5.91 Å². The lowest BCUT2D eigenvalue weighted by Gasteiger charge is -2.14. The van der Waals surface area contributed by atoms with Crippen LogP contribution in [-0.4, -0.2) is 11.9 Å². The van der Waals surface area contributed by atoms with Gasteiger partial charge in [-0.2, -0.15) is 0 Å². The summed E-state index contributed by atoms with van der Waals surface area (Å²) in [6.07, 6.45) is 0. The van der Waals surface area contributed by atoms with Crippen LogP contribution < -0.4 is 10.6 Å². The Bertz CT molecular complexity index is 608. The number of benzene rings is 2. The van der Waals surface area contributed by atoms with Gasteiger partial charge in [-0.1, -0.05) is 35.9 Å². The molecule has 2 N–H and O–H groups in total. The largest absolute Gasteiger partial charge is 0.382 e. The van der Waals surface area contributed by atoms with Crippen molar-refractivity contribution in [2.24, 2.45) is 0 Å². The second-order valence-electron chi connectivity index (χ2n) is 5.15. The summed E-state index contributed by atoms with van der Waals surface area (Å²) in [7, 11) is 0. The molecule has 0 bridgehead atoms. The predicted molar refractivity (Wildman–Crippen MR) is 87.8 cm³/mol. The molecule has 0 radical (unpaired) electrons. The lowest BCUT2D eigenvalue weighted by molar-refractivity contribution is 0.0951. The normalized spacial score (nSPS) is 10.5. The monoisotopic (exact) mass is 302 g/mol. The first kappa shape index (κ1) is 15.4. The second kappa shape index (κ2) is 7.14. The molecule has 0 aromatic heterocycles. The fraction of sp³-hybridized carbons (Fsp3) is 0.235. The number of hydrogen-bond donors (Lipinski definition) is 2. The highest BCUT2D eigenvalue weighted by atomic mass is 35.5. The molecule has 21 heavy (non-hydrogen) atoms. The zero-order chi connectivity index (χ0) is 15.2. The van der Waals surface area contributed by atoms with Gasteiger partial charge in [0.1, 0.15) is 0 Å². The molecule has 2 aromatic rings. The summed E-state index contributed by atoms with van der Waals surface area (Å²) in [6, 6.07) is 15.2. The highest BCUT2D eigenvalue weighted by molar-refractivity contribution is 6.30. The fourth-order valence-corrected chi connectivity index (χ4v) is 2.12. The van der Waals surface area contributed by atoms with Gasteiger partial charge in [0.15, 0.2) is 0 Å². The molecule has 0 unspecified atom stereocenters. The number of anilines is 1. The van der Waals surface area contributed by atoms with Crippen LogP contribution in [-0.2, 0) is 6.54 Å². The van der Waals surface area contributed by atoms with Gasteiger partial charge in [0.05, 0.1) is 5.56 Å². The summed E-state index contributed by atoms with van der Waals surface area (Å²) < 4.78 is 0. The van der Waals surface area contributed by atoms with E-state index in [0.717, 1.165) is 11.3 Å². The first-order chi connectivity index (χ1) is 10.1. The van der Waals surface area contributed by atoms with Gasteiger partial charge >= 0.3 is 0 Å². The molecule has 0 saturated heterocycles. The van der Waals surface area contributed by atoms with Crippen LogP contribution in [0.4, 0.5) is 5.69 Å². The Balaban J connectivity index is 2.05. The van der Waals surface area contributed by atoms with E-state index in [2.05, 4.69) is 10.6 Å². The summed E-state index contributed by atoms with van der Waals surface area (Å²) in [6.45, 7) is 4.57. The van der Waals surface area contributed by atoms with E-state index in [1.54, 1.807) is 0 Å². The van der Waals surface area contributed by atoms with Crippen molar-refractivity contribution >= 4 is 23.2 Å². The third kappa shape index (κ3) is 4.50. The molecule has 110 valence electrons. The molecule has 0 aliphatic carbocycles. The van der Waals surface area contributed by atoms with Crippen LogP contribution in [0.3, 0.4) is 0 Å². The van der Waals surface area contributed by atoms with Crippen LogP contribution >= 0.6 is 11.6 Å². The van der Waals surface area contributed by atoms with Gasteiger partial charge < -0.3 is 10.6 Å². The van der Waals surface area contributed by atoms with Crippen LogP contribution in [0.15, 0.2) is 48.5 Å². The zero-order valence-electron chi connectivity index (χ0n) is 12.2. The topological polar surface area (TPSA) is 41.1 Å². The van der Waals surface area contributed by atoms with Crippen molar-refractivity contribution in [1.29, 1.82) is 0 Å². The van der Waals surface area contributed by atoms with Gasteiger partial charge in [0.2, 0.25) is 0 Å². The smallest absolute Gasteiger partial charge is 0.253 e. The van der Waals surface area contributed by atoms with E-state index in [1.807, 2.05) is 62.4 Å². The number of hydrogen-bond acceptors (Lipinski definition) is 2. The molecule has 0 spiro atoms. The van der Waals surface area contributed by atoms with Crippen LogP contribution in [0.2, 0.25) is 5.02 Å². The average Bonchev–Trinajstić information content (AvgIpc) is 2.46. The quantitative estimate of drug-likeness (QED) is 0.873. The van der Waals surface area contributed by atoms with Gasteiger partial charge in [-0.05, 0) is 43.7 Å². The minimum absolute atomic E-state index is 0.0892. The van der Waals surface area contributed by atoms with Gasteiger partial charge in [-0.3, -0.25) is 4.79 Å². The molecule has 0 fully saturated rings. The number of halogens is 1. The van der Waals surface area contributed by atoms with Gasteiger partial charge in [-0.15, -0.1) is 0 Å². The lowest BCUT2D eigenvalue weighted by Crippen LogP contribution is -2.24. The average molecular weight is 303 g/mol. The predicted octanol–water partition coefficient (Wildman–Crippen LogP) is 4.09. The van der Waals surface area contributed by atoms with E-state index < -0.39 is 0 Å². The standard InChI is InChI=1S/C17H19ClN2O/c1-12(2)20-16-6-4-3-5-15(16)17(21)19-11-13-7-9-14(18)10-8-13/h3-10,12,20H,11H2,1-2H3,(H,19,21). The van der Waals surface area contributed by atoms with Crippen LogP contribution in [0.1, 0.15) is 29.8 Å². The molecule has 0 aliphatic rings. The maximum Gasteiger partial charge on any atom is 0.253 e. The van der Waals surface area contributed by atoms with E-state index in [1.165, 1.54) is 0 Å². The third-order valence-corrected chi connectivity index (χ3v) is 3.23. The molecule has 0 atom stereocenters. The van der Waals surface area contributed by atoms with Crippen LogP contribution in [0, 0.1) is 0 Å². The second-order valence-corrected chi connectivity index (χ2v) is 5.59. The Morgan fingerprint density at radius 1 is 1.10 bits per heavy atom. The molecule has 1 amide bonds. The summed E-state index contributed by atoms with van der Waals surface area (Å²) >= 11 is 5.84. The Morgan fingerprint density at radius 2 is 1.76 bits per heavy atom. The molecule has 0 aliphatic heterocycles. The molecule has 4 heteroatoms. The SMILES string of the molecule is CC(C)Nc1ccccc1C(=O)NCc1ccc(Cl)cc1. The van der Waals surface area contributed by atoms with Crippen molar-refractivity contribution in [3.8, 4) is 0 Å². The highest BCUT2D eigenvalue weighted by Gasteiger charge is 2.11. The molecule has 2 aromatic carbocycles. The van der Waals surface area contributed by atoms with E-state index in [9.17, 15) is 4.79 Å². The summed E-state index contributed by atoms with van der Waals surface area (Å²) in [4.78, 5) is 12.3.